The van der Waals surface area contributed by atoms with Crippen LogP contribution in [0.25, 0.3) is 0 Å². The van der Waals surface area contributed by atoms with Gasteiger partial charge in [0.1, 0.15) is 5.75 Å². The van der Waals surface area contributed by atoms with Gasteiger partial charge in [-0.1, -0.05) is 37.7 Å². The van der Waals surface area contributed by atoms with Gasteiger partial charge in [-0.15, -0.1) is 0 Å². The van der Waals surface area contributed by atoms with E-state index in [1.54, 1.807) is 21.0 Å². The van der Waals surface area contributed by atoms with Gasteiger partial charge in [-0.2, -0.15) is 4.99 Å². The van der Waals surface area contributed by atoms with Crippen LogP contribution in [0.3, 0.4) is 0 Å². The minimum absolute atomic E-state index is 0.0671. The van der Waals surface area contributed by atoms with Gasteiger partial charge in [0.2, 0.25) is 0 Å². The molecule has 2 aliphatic rings. The fraction of sp³-hybridized carbons (Fsp3) is 0.500. The molecular formula is C16H20N2O4S2. The Bertz CT molecular complexity index is 789. The van der Waals surface area contributed by atoms with Crippen molar-refractivity contribution in [2.75, 3.05) is 23.5 Å². The number of rotatable bonds is 3. The van der Waals surface area contributed by atoms with Crippen LogP contribution in [0.1, 0.15) is 13.8 Å². The number of sulfone groups is 1. The molecule has 2 fully saturated rings. The molecule has 0 aliphatic carbocycles. The van der Waals surface area contributed by atoms with Crippen molar-refractivity contribution >= 4 is 38.4 Å². The van der Waals surface area contributed by atoms with E-state index < -0.39 is 9.84 Å². The molecule has 0 bridgehead atoms. The van der Waals surface area contributed by atoms with Gasteiger partial charge in [0.05, 0.1) is 30.3 Å². The summed E-state index contributed by atoms with van der Waals surface area (Å²) in [5, 5.41) is 0.446. The predicted octanol–water partition coefficient (Wildman–Crippen LogP) is 1.95. The molecule has 0 spiro atoms. The van der Waals surface area contributed by atoms with E-state index in [0.717, 1.165) is 5.69 Å². The van der Waals surface area contributed by atoms with E-state index in [4.69, 9.17) is 4.74 Å². The van der Waals surface area contributed by atoms with Crippen LogP contribution < -0.4 is 9.64 Å². The molecule has 0 N–H and O–H groups in total. The maximum absolute atomic E-state index is 12.1. The zero-order valence-corrected chi connectivity index (χ0v) is 15.4. The van der Waals surface area contributed by atoms with E-state index in [9.17, 15) is 13.2 Å². The van der Waals surface area contributed by atoms with E-state index in [0.29, 0.717) is 10.9 Å². The molecule has 0 aromatic heterocycles. The van der Waals surface area contributed by atoms with Crippen molar-refractivity contribution in [1.82, 2.24) is 0 Å². The Kier molecular flexibility index (Phi) is 4.61. The summed E-state index contributed by atoms with van der Waals surface area (Å²) in [6.07, 6.45) is 0. The van der Waals surface area contributed by atoms with Gasteiger partial charge < -0.3 is 9.64 Å². The van der Waals surface area contributed by atoms with Gasteiger partial charge in [-0.25, -0.2) is 8.42 Å². The van der Waals surface area contributed by atoms with Gasteiger partial charge in [-0.3, -0.25) is 4.79 Å². The number of ether oxygens (including phenoxy) is 1. The highest BCUT2D eigenvalue weighted by molar-refractivity contribution is 8.16. The van der Waals surface area contributed by atoms with Crippen LogP contribution in [0.15, 0.2) is 29.3 Å². The highest BCUT2D eigenvalue weighted by Crippen LogP contribution is 2.43. The summed E-state index contributed by atoms with van der Waals surface area (Å²) in [7, 11) is -1.51. The fourth-order valence-electron chi connectivity index (χ4n) is 2.90. The van der Waals surface area contributed by atoms with Crippen molar-refractivity contribution < 1.29 is 17.9 Å². The second kappa shape index (κ2) is 6.40. The van der Waals surface area contributed by atoms with E-state index in [1.807, 2.05) is 29.2 Å². The number of amides is 1. The van der Waals surface area contributed by atoms with Gasteiger partial charge in [-0.05, 0) is 12.1 Å². The molecule has 0 unspecified atom stereocenters. The van der Waals surface area contributed by atoms with Crippen LogP contribution in [0.2, 0.25) is 0 Å². The number of amidine groups is 1. The summed E-state index contributed by atoms with van der Waals surface area (Å²) < 4.78 is 29.5. The third kappa shape index (κ3) is 3.17. The van der Waals surface area contributed by atoms with E-state index >= 15 is 0 Å². The standard InChI is InChI=1S/C16H20N2O4S2/c1-10(2)15(19)17-16-18(11-6-4-5-7-13(11)22-3)12-8-24(20,21)9-14(12)23-16/h4-7,10,12,14H,8-9H2,1-3H3/t12-,14+/m1/s1. The van der Waals surface area contributed by atoms with Crippen molar-refractivity contribution in [2.45, 2.75) is 25.1 Å². The molecule has 1 amide bonds. The summed E-state index contributed by atoms with van der Waals surface area (Å²) in [6, 6.07) is 7.17. The third-order valence-corrected chi connectivity index (χ3v) is 7.32. The van der Waals surface area contributed by atoms with Crippen LogP contribution in [-0.2, 0) is 14.6 Å². The fourth-order valence-corrected chi connectivity index (χ4v) is 6.81. The second-order valence-corrected chi connectivity index (χ2v) is 9.59. The average molecular weight is 368 g/mol. The molecule has 1 aromatic rings. The number of nitrogens with zero attached hydrogens (tertiary/aromatic N) is 2. The minimum Gasteiger partial charge on any atom is -0.495 e. The smallest absolute Gasteiger partial charge is 0.250 e. The number of carbonyl (C=O) groups is 1. The quantitative estimate of drug-likeness (QED) is 0.812. The number of hydrogen-bond acceptors (Lipinski definition) is 5. The molecule has 6 nitrogen and oxygen atoms in total. The SMILES string of the molecule is COc1ccccc1N1C(=NC(=O)C(C)C)S[C@H]2CS(=O)(=O)C[C@H]21. The molecule has 8 heteroatoms. The summed E-state index contributed by atoms with van der Waals surface area (Å²) in [6.45, 7) is 3.59. The molecule has 2 aliphatic heterocycles. The summed E-state index contributed by atoms with van der Waals surface area (Å²) in [5.41, 5.74) is 0.743. The molecule has 0 saturated carbocycles. The Morgan fingerprint density at radius 3 is 2.71 bits per heavy atom. The van der Waals surface area contributed by atoms with Gasteiger partial charge >= 0.3 is 0 Å². The molecule has 2 atom stereocenters. The summed E-state index contributed by atoms with van der Waals surface area (Å²) in [5.74, 6) is 0.398. The summed E-state index contributed by atoms with van der Waals surface area (Å²) >= 11 is 1.37. The molecule has 130 valence electrons. The number of carbonyl (C=O) groups excluding carboxylic acids is 1. The van der Waals surface area contributed by atoms with Crippen LogP contribution in [-0.4, -0.2) is 49.4 Å². The third-order valence-electron chi connectivity index (χ3n) is 4.11. The van der Waals surface area contributed by atoms with Gasteiger partial charge in [0, 0.05) is 11.2 Å². The number of fused-ring (bicyclic) bond motifs is 1. The molecule has 2 heterocycles. The van der Waals surface area contributed by atoms with Crippen molar-refractivity contribution in [2.24, 2.45) is 10.9 Å². The number of benzene rings is 1. The maximum atomic E-state index is 12.1. The van der Waals surface area contributed by atoms with E-state index in [1.165, 1.54) is 11.8 Å². The van der Waals surface area contributed by atoms with Gasteiger partial charge in [0.15, 0.2) is 15.0 Å². The first-order chi connectivity index (χ1) is 11.3. The topological polar surface area (TPSA) is 76.0 Å². The molecular weight excluding hydrogens is 348 g/mol. The normalized spacial score (nSPS) is 26.8. The lowest BCUT2D eigenvalue weighted by atomic mass is 10.2. The first-order valence-corrected chi connectivity index (χ1v) is 10.4. The van der Waals surface area contributed by atoms with Gasteiger partial charge in [0.25, 0.3) is 5.91 Å². The predicted molar refractivity (Wildman–Crippen MR) is 96.6 cm³/mol. The zero-order chi connectivity index (χ0) is 17.5. The molecule has 24 heavy (non-hydrogen) atoms. The van der Waals surface area contributed by atoms with Crippen molar-refractivity contribution in [3.8, 4) is 5.75 Å². The Labute approximate surface area is 146 Å². The summed E-state index contributed by atoms with van der Waals surface area (Å²) in [4.78, 5) is 18.2. The van der Waals surface area contributed by atoms with Crippen molar-refractivity contribution in [1.29, 1.82) is 0 Å². The lowest BCUT2D eigenvalue weighted by Gasteiger charge is -2.26. The second-order valence-electron chi connectivity index (χ2n) is 6.23. The van der Waals surface area contributed by atoms with Crippen LogP contribution >= 0.6 is 11.8 Å². The van der Waals surface area contributed by atoms with Crippen molar-refractivity contribution in [3.63, 3.8) is 0 Å². The largest absolute Gasteiger partial charge is 0.495 e. The van der Waals surface area contributed by atoms with Crippen LogP contribution in [0.4, 0.5) is 5.69 Å². The number of hydrogen-bond donors (Lipinski definition) is 0. The molecule has 3 rings (SSSR count). The Morgan fingerprint density at radius 2 is 2.04 bits per heavy atom. The Hall–Kier alpha value is -1.54. The number of thioether (sulfide) groups is 1. The number of methoxy groups -OCH3 is 1. The van der Waals surface area contributed by atoms with Crippen LogP contribution in [0, 0.1) is 5.92 Å². The van der Waals surface area contributed by atoms with E-state index in [-0.39, 0.29) is 34.6 Å². The first-order valence-electron chi connectivity index (χ1n) is 7.74. The maximum Gasteiger partial charge on any atom is 0.250 e. The highest BCUT2D eigenvalue weighted by atomic mass is 32.2. The molecule has 2 saturated heterocycles. The monoisotopic (exact) mass is 368 g/mol. The first kappa shape index (κ1) is 17.3. The van der Waals surface area contributed by atoms with E-state index in [2.05, 4.69) is 4.99 Å². The Morgan fingerprint density at radius 1 is 1.33 bits per heavy atom. The van der Waals surface area contributed by atoms with Crippen molar-refractivity contribution in [3.05, 3.63) is 24.3 Å². The molecule has 1 aromatic carbocycles. The lowest BCUT2D eigenvalue weighted by molar-refractivity contribution is -0.120. The minimum atomic E-state index is -3.08. The lowest BCUT2D eigenvalue weighted by Crippen LogP contribution is -2.38. The average Bonchev–Trinajstić information content (AvgIpc) is 2.98. The molecule has 0 radical (unpaired) electrons. The number of aliphatic imine (C=N–C) groups is 1. The van der Waals surface area contributed by atoms with Crippen LogP contribution in [0.5, 0.6) is 5.75 Å². The highest BCUT2D eigenvalue weighted by Gasteiger charge is 2.50. The zero-order valence-electron chi connectivity index (χ0n) is 13.8. The Balaban J connectivity index is 2.06. The number of anilines is 1. The number of para-hydroxylation sites is 2.